The van der Waals surface area contributed by atoms with Crippen LogP contribution in [0.1, 0.15) is 37.0 Å². The van der Waals surface area contributed by atoms with Gasteiger partial charge in [-0.1, -0.05) is 13.0 Å². The molecule has 2 rings (SSSR count). The summed E-state index contributed by atoms with van der Waals surface area (Å²) in [4.78, 5) is 14.3. The minimum atomic E-state index is -0.180. The van der Waals surface area contributed by atoms with Crippen LogP contribution in [-0.4, -0.2) is 35.6 Å². The smallest absolute Gasteiger partial charge is 0.257 e. The average molecular weight is 306 g/mol. The van der Waals surface area contributed by atoms with Gasteiger partial charge in [-0.3, -0.25) is 10.1 Å². The monoisotopic (exact) mass is 306 g/mol. The molecule has 1 aliphatic rings. The lowest BCUT2D eigenvalue weighted by Gasteiger charge is -2.32. The molecule has 0 bridgehead atoms. The van der Waals surface area contributed by atoms with Crippen molar-refractivity contribution in [3.8, 4) is 5.75 Å². The largest absolute Gasteiger partial charge is 0.494 e. The van der Waals surface area contributed by atoms with Gasteiger partial charge in [0.2, 0.25) is 0 Å². The van der Waals surface area contributed by atoms with Crippen LogP contribution in [0.3, 0.4) is 0 Å². The lowest BCUT2D eigenvalue weighted by Crippen LogP contribution is -2.46. The predicted molar refractivity (Wildman–Crippen MR) is 87.6 cm³/mol. The molecule has 1 aliphatic heterocycles. The molecule has 1 aromatic rings. The number of hydrogen-bond acceptors (Lipinski definition) is 3. The van der Waals surface area contributed by atoms with Crippen molar-refractivity contribution in [2.24, 2.45) is 5.92 Å². The second kappa shape index (κ2) is 7.41. The van der Waals surface area contributed by atoms with E-state index in [1.165, 1.54) is 0 Å². The normalized spacial score (nSPS) is 15.6. The molecule has 1 saturated heterocycles. The van der Waals surface area contributed by atoms with Gasteiger partial charge >= 0.3 is 0 Å². The van der Waals surface area contributed by atoms with E-state index < -0.39 is 0 Å². The first kappa shape index (κ1) is 15.8. The highest BCUT2D eigenvalue weighted by atomic mass is 32.1. The molecule has 1 fully saturated rings. The summed E-state index contributed by atoms with van der Waals surface area (Å²) in [5.74, 6) is 1.26. The Morgan fingerprint density at radius 1 is 1.43 bits per heavy atom. The third-order valence-corrected chi connectivity index (χ3v) is 4.06. The highest BCUT2D eigenvalue weighted by Crippen LogP contribution is 2.16. The Morgan fingerprint density at radius 3 is 2.81 bits per heavy atom. The van der Waals surface area contributed by atoms with Crippen molar-refractivity contribution < 1.29 is 9.53 Å². The van der Waals surface area contributed by atoms with Crippen LogP contribution in [0.5, 0.6) is 5.75 Å². The number of likely N-dealkylation sites (tertiary alicyclic amines) is 1. The number of ether oxygens (including phenoxy) is 1. The van der Waals surface area contributed by atoms with Crippen molar-refractivity contribution in [1.29, 1.82) is 0 Å². The molecular weight excluding hydrogens is 284 g/mol. The first-order chi connectivity index (χ1) is 10.1. The topological polar surface area (TPSA) is 41.6 Å². The lowest BCUT2D eigenvalue weighted by molar-refractivity contribution is 0.0971. The standard InChI is InChI=1S/C16H22N2O2S/c1-3-20-14-6-4-5-13(11-14)15(19)17-16(21)18-9-7-12(2)8-10-18/h4-6,11-12H,3,7-10H2,1-2H3,(H,17,19,21). The van der Waals surface area contributed by atoms with Gasteiger partial charge in [0.1, 0.15) is 5.75 Å². The molecule has 0 unspecified atom stereocenters. The number of benzene rings is 1. The van der Waals surface area contributed by atoms with Gasteiger partial charge in [-0.25, -0.2) is 0 Å². The van der Waals surface area contributed by atoms with E-state index in [-0.39, 0.29) is 5.91 Å². The molecule has 21 heavy (non-hydrogen) atoms. The van der Waals surface area contributed by atoms with Gasteiger partial charge in [0.15, 0.2) is 5.11 Å². The van der Waals surface area contributed by atoms with Crippen LogP contribution in [0.15, 0.2) is 24.3 Å². The number of carbonyl (C=O) groups is 1. The molecular formula is C16H22N2O2S. The van der Waals surface area contributed by atoms with E-state index in [0.29, 0.717) is 23.0 Å². The fraction of sp³-hybridized carbons (Fsp3) is 0.500. The Hall–Kier alpha value is -1.62. The van der Waals surface area contributed by atoms with Crippen LogP contribution < -0.4 is 10.1 Å². The third-order valence-electron chi connectivity index (χ3n) is 3.70. The Balaban J connectivity index is 1.94. The van der Waals surface area contributed by atoms with Gasteiger partial charge < -0.3 is 9.64 Å². The van der Waals surface area contributed by atoms with E-state index in [2.05, 4.69) is 17.1 Å². The Morgan fingerprint density at radius 2 is 2.14 bits per heavy atom. The van der Waals surface area contributed by atoms with Gasteiger partial charge in [0.05, 0.1) is 6.61 Å². The van der Waals surface area contributed by atoms with E-state index in [9.17, 15) is 4.79 Å². The first-order valence-electron chi connectivity index (χ1n) is 7.43. The molecule has 0 atom stereocenters. The number of piperidine rings is 1. The van der Waals surface area contributed by atoms with Gasteiger partial charge in [-0.2, -0.15) is 0 Å². The number of hydrogen-bond donors (Lipinski definition) is 1. The second-order valence-electron chi connectivity index (χ2n) is 5.39. The molecule has 114 valence electrons. The molecule has 0 aromatic heterocycles. The minimum Gasteiger partial charge on any atom is -0.494 e. The van der Waals surface area contributed by atoms with E-state index in [0.717, 1.165) is 31.8 Å². The molecule has 5 heteroatoms. The van der Waals surface area contributed by atoms with Crippen LogP contribution in [0.25, 0.3) is 0 Å². The molecule has 1 aromatic carbocycles. The van der Waals surface area contributed by atoms with Crippen molar-refractivity contribution in [1.82, 2.24) is 10.2 Å². The van der Waals surface area contributed by atoms with Gasteiger partial charge in [-0.15, -0.1) is 0 Å². The summed E-state index contributed by atoms with van der Waals surface area (Å²) >= 11 is 5.34. The van der Waals surface area contributed by atoms with Gasteiger partial charge in [0, 0.05) is 18.7 Å². The maximum atomic E-state index is 12.2. The molecule has 4 nitrogen and oxygen atoms in total. The van der Waals surface area contributed by atoms with Crippen molar-refractivity contribution in [3.05, 3.63) is 29.8 Å². The highest BCUT2D eigenvalue weighted by Gasteiger charge is 2.19. The second-order valence-corrected chi connectivity index (χ2v) is 5.78. The molecule has 1 heterocycles. The summed E-state index contributed by atoms with van der Waals surface area (Å²) in [6.45, 7) is 6.57. The number of nitrogens with zero attached hydrogens (tertiary/aromatic N) is 1. The van der Waals surface area contributed by atoms with E-state index >= 15 is 0 Å². The summed E-state index contributed by atoms with van der Waals surface area (Å²) in [5.41, 5.74) is 0.564. The van der Waals surface area contributed by atoms with Crippen molar-refractivity contribution in [2.75, 3.05) is 19.7 Å². The van der Waals surface area contributed by atoms with E-state index in [4.69, 9.17) is 17.0 Å². The van der Waals surface area contributed by atoms with Crippen molar-refractivity contribution in [2.45, 2.75) is 26.7 Å². The summed E-state index contributed by atoms with van der Waals surface area (Å²) in [6.07, 6.45) is 2.24. The first-order valence-corrected chi connectivity index (χ1v) is 7.84. The summed E-state index contributed by atoms with van der Waals surface area (Å²) in [7, 11) is 0. The summed E-state index contributed by atoms with van der Waals surface area (Å²) < 4.78 is 5.41. The zero-order valence-corrected chi connectivity index (χ0v) is 13.4. The fourth-order valence-corrected chi connectivity index (χ4v) is 2.63. The van der Waals surface area contributed by atoms with Crippen LogP contribution in [0, 0.1) is 5.92 Å². The summed E-state index contributed by atoms with van der Waals surface area (Å²) in [6, 6.07) is 7.15. The molecule has 0 radical (unpaired) electrons. The van der Waals surface area contributed by atoms with Crippen molar-refractivity contribution >= 4 is 23.2 Å². The minimum absolute atomic E-state index is 0.180. The number of amides is 1. The van der Waals surface area contributed by atoms with Crippen LogP contribution in [0.4, 0.5) is 0 Å². The zero-order valence-electron chi connectivity index (χ0n) is 12.6. The van der Waals surface area contributed by atoms with Crippen LogP contribution >= 0.6 is 12.2 Å². The maximum Gasteiger partial charge on any atom is 0.257 e. The number of thiocarbonyl (C=S) groups is 1. The third kappa shape index (κ3) is 4.43. The number of carbonyl (C=O) groups excluding carboxylic acids is 1. The van der Waals surface area contributed by atoms with Crippen molar-refractivity contribution in [3.63, 3.8) is 0 Å². The Bertz CT molecular complexity index is 511. The van der Waals surface area contributed by atoms with E-state index in [1.54, 1.807) is 12.1 Å². The van der Waals surface area contributed by atoms with Gasteiger partial charge in [0.25, 0.3) is 5.91 Å². The van der Waals surface area contributed by atoms with Crippen LogP contribution in [-0.2, 0) is 0 Å². The maximum absolute atomic E-state index is 12.2. The highest BCUT2D eigenvalue weighted by molar-refractivity contribution is 7.80. The number of nitrogens with one attached hydrogen (secondary N) is 1. The molecule has 1 amide bonds. The summed E-state index contributed by atoms with van der Waals surface area (Å²) in [5, 5.41) is 3.33. The Kier molecular flexibility index (Phi) is 5.56. The molecule has 1 N–H and O–H groups in total. The zero-order chi connectivity index (χ0) is 15.2. The quantitative estimate of drug-likeness (QED) is 0.872. The van der Waals surface area contributed by atoms with Crippen LogP contribution in [0.2, 0.25) is 0 Å². The van der Waals surface area contributed by atoms with Gasteiger partial charge in [-0.05, 0) is 56.1 Å². The Labute approximate surface area is 131 Å². The van der Waals surface area contributed by atoms with E-state index in [1.807, 2.05) is 19.1 Å². The predicted octanol–water partition coefficient (Wildman–Crippen LogP) is 2.83. The molecule has 0 aliphatic carbocycles. The molecule has 0 spiro atoms. The average Bonchev–Trinajstić information content (AvgIpc) is 2.48. The molecule has 0 saturated carbocycles. The SMILES string of the molecule is CCOc1cccc(C(=O)NC(=S)N2CCC(C)CC2)c1. The number of rotatable bonds is 3. The fourth-order valence-electron chi connectivity index (χ4n) is 2.35. The lowest BCUT2D eigenvalue weighted by atomic mass is 10.00.